The predicted octanol–water partition coefficient (Wildman–Crippen LogP) is -0.213. The van der Waals surface area contributed by atoms with Crippen molar-refractivity contribution in [2.75, 3.05) is 25.9 Å². The summed E-state index contributed by atoms with van der Waals surface area (Å²) in [5.74, 6) is -0.990. The molecule has 16 heavy (non-hydrogen) atoms. The first kappa shape index (κ1) is 10.8. The molecule has 0 bridgehead atoms. The highest BCUT2D eigenvalue weighted by Crippen LogP contribution is 2.17. The number of fused-ring (bicyclic) bond motifs is 1. The molecule has 0 aromatic carbocycles. The molecule has 0 saturated carbocycles. The lowest BCUT2D eigenvalue weighted by atomic mass is 10.1. The molecule has 2 rings (SSSR count). The van der Waals surface area contributed by atoms with Gasteiger partial charge in [0.1, 0.15) is 0 Å². The van der Waals surface area contributed by atoms with E-state index < -0.39 is 5.97 Å². The molecule has 0 aliphatic carbocycles. The van der Waals surface area contributed by atoms with Crippen molar-refractivity contribution in [1.29, 1.82) is 0 Å². The zero-order valence-electron chi connectivity index (χ0n) is 9.10. The second kappa shape index (κ2) is 4.05. The summed E-state index contributed by atoms with van der Waals surface area (Å²) in [5, 5.41) is 9.06. The van der Waals surface area contributed by atoms with E-state index in [1.807, 2.05) is 7.05 Å². The minimum Gasteiger partial charge on any atom is -0.476 e. The molecule has 3 N–H and O–H groups in total. The fraction of sp³-hybridized carbons (Fsp3) is 0.500. The predicted molar refractivity (Wildman–Crippen MR) is 58.3 cm³/mol. The van der Waals surface area contributed by atoms with Crippen molar-refractivity contribution in [3.8, 4) is 0 Å². The molecule has 0 saturated heterocycles. The van der Waals surface area contributed by atoms with E-state index in [2.05, 4.69) is 14.9 Å². The molecule has 0 radical (unpaired) electrons. The van der Waals surface area contributed by atoms with Crippen molar-refractivity contribution in [3.05, 3.63) is 17.0 Å². The first-order valence-corrected chi connectivity index (χ1v) is 5.15. The lowest BCUT2D eigenvalue weighted by Gasteiger charge is -2.10. The molecule has 0 unspecified atom stereocenters. The molecule has 6 heteroatoms. The number of carbonyl (C=O) groups is 1. The van der Waals surface area contributed by atoms with Crippen molar-refractivity contribution < 1.29 is 9.90 Å². The number of nitrogen functional groups attached to an aromatic ring is 1. The Hall–Kier alpha value is -1.69. The number of aromatic carboxylic acids is 1. The summed E-state index contributed by atoms with van der Waals surface area (Å²) in [4.78, 5) is 21.1. The molecular weight excluding hydrogens is 208 g/mol. The summed E-state index contributed by atoms with van der Waals surface area (Å²) in [5.41, 5.74) is 7.06. The highest BCUT2D eigenvalue weighted by atomic mass is 16.4. The number of rotatable bonds is 1. The van der Waals surface area contributed by atoms with Crippen LogP contribution in [0.15, 0.2) is 0 Å². The number of hydrogen-bond donors (Lipinski definition) is 2. The van der Waals surface area contributed by atoms with E-state index in [0.29, 0.717) is 6.42 Å². The second-order valence-electron chi connectivity index (χ2n) is 3.96. The Bertz CT molecular complexity index is 433. The number of aromatic nitrogens is 2. The van der Waals surface area contributed by atoms with Crippen LogP contribution in [0.5, 0.6) is 0 Å². The first-order chi connectivity index (χ1) is 7.58. The maximum Gasteiger partial charge on any atom is 0.354 e. The third-order valence-electron chi connectivity index (χ3n) is 2.79. The average Bonchev–Trinajstić information content (AvgIpc) is 2.40. The van der Waals surface area contributed by atoms with Crippen LogP contribution in [0.25, 0.3) is 0 Å². The Morgan fingerprint density at radius 2 is 2.06 bits per heavy atom. The molecule has 0 spiro atoms. The van der Waals surface area contributed by atoms with E-state index in [0.717, 1.165) is 30.8 Å². The van der Waals surface area contributed by atoms with E-state index in [9.17, 15) is 4.79 Å². The maximum atomic E-state index is 11.1. The average molecular weight is 222 g/mol. The Morgan fingerprint density at radius 1 is 1.38 bits per heavy atom. The number of likely N-dealkylation sites (N-methyl/N-ethyl adjacent to an activating group) is 1. The standard InChI is InChI=1S/C10H14N4O2/c1-14-4-2-6-7(3-5-14)12-10(11)13-8(6)9(15)16/h2-5H2,1H3,(H,15,16)(H2,11,12,13). The van der Waals surface area contributed by atoms with Gasteiger partial charge < -0.3 is 15.7 Å². The summed E-state index contributed by atoms with van der Waals surface area (Å²) < 4.78 is 0. The van der Waals surface area contributed by atoms with E-state index in [4.69, 9.17) is 10.8 Å². The molecular formula is C10H14N4O2. The third kappa shape index (κ3) is 1.96. The number of carboxylic acid groups (broad SMARTS) is 1. The molecule has 0 atom stereocenters. The zero-order valence-corrected chi connectivity index (χ0v) is 9.10. The monoisotopic (exact) mass is 222 g/mol. The van der Waals surface area contributed by atoms with Crippen LogP contribution < -0.4 is 5.73 Å². The highest BCUT2D eigenvalue weighted by Gasteiger charge is 2.21. The van der Waals surface area contributed by atoms with Crippen LogP contribution in [-0.4, -0.2) is 46.1 Å². The summed E-state index contributed by atoms with van der Waals surface area (Å²) in [6.45, 7) is 1.68. The number of nitrogens with two attached hydrogens (primary N) is 1. The molecule has 2 heterocycles. The van der Waals surface area contributed by atoms with Gasteiger partial charge >= 0.3 is 5.97 Å². The van der Waals surface area contributed by atoms with E-state index >= 15 is 0 Å². The lowest BCUT2D eigenvalue weighted by molar-refractivity contribution is 0.0689. The fourth-order valence-electron chi connectivity index (χ4n) is 1.91. The van der Waals surface area contributed by atoms with Gasteiger partial charge in [-0.1, -0.05) is 0 Å². The van der Waals surface area contributed by atoms with Crippen LogP contribution in [-0.2, 0) is 12.8 Å². The van der Waals surface area contributed by atoms with Crippen molar-refractivity contribution >= 4 is 11.9 Å². The zero-order chi connectivity index (χ0) is 11.7. The fourth-order valence-corrected chi connectivity index (χ4v) is 1.91. The quantitative estimate of drug-likeness (QED) is 0.683. The van der Waals surface area contributed by atoms with Gasteiger partial charge in [0.05, 0.1) is 5.69 Å². The SMILES string of the molecule is CN1CCc2nc(N)nc(C(=O)O)c2CC1. The lowest BCUT2D eigenvalue weighted by Crippen LogP contribution is -2.21. The van der Waals surface area contributed by atoms with Gasteiger partial charge in [-0.3, -0.25) is 0 Å². The van der Waals surface area contributed by atoms with Gasteiger partial charge in [-0.2, -0.15) is 0 Å². The van der Waals surface area contributed by atoms with Gasteiger partial charge in [0.15, 0.2) is 5.69 Å². The molecule has 1 aromatic heterocycles. The van der Waals surface area contributed by atoms with Gasteiger partial charge in [0, 0.05) is 25.1 Å². The van der Waals surface area contributed by atoms with Crippen molar-refractivity contribution in [1.82, 2.24) is 14.9 Å². The largest absolute Gasteiger partial charge is 0.476 e. The Balaban J connectivity index is 2.49. The molecule has 1 aliphatic rings. The Kier molecular flexibility index (Phi) is 2.74. The third-order valence-corrected chi connectivity index (χ3v) is 2.79. The summed E-state index contributed by atoms with van der Waals surface area (Å²) >= 11 is 0. The molecule has 1 aliphatic heterocycles. The number of nitrogens with zero attached hydrogens (tertiary/aromatic N) is 3. The van der Waals surface area contributed by atoms with Crippen LogP contribution in [0.4, 0.5) is 5.95 Å². The number of hydrogen-bond acceptors (Lipinski definition) is 5. The van der Waals surface area contributed by atoms with Crippen LogP contribution in [0.2, 0.25) is 0 Å². The van der Waals surface area contributed by atoms with Gasteiger partial charge in [-0.25, -0.2) is 14.8 Å². The summed E-state index contributed by atoms with van der Waals surface area (Å²) in [7, 11) is 2.00. The van der Waals surface area contributed by atoms with Gasteiger partial charge in [-0.15, -0.1) is 0 Å². The molecule has 0 fully saturated rings. The van der Waals surface area contributed by atoms with Gasteiger partial charge in [0.2, 0.25) is 5.95 Å². The Labute approximate surface area is 93.1 Å². The first-order valence-electron chi connectivity index (χ1n) is 5.15. The molecule has 6 nitrogen and oxygen atoms in total. The minimum absolute atomic E-state index is 0.0423. The summed E-state index contributed by atoms with van der Waals surface area (Å²) in [6, 6.07) is 0. The minimum atomic E-state index is -1.03. The highest BCUT2D eigenvalue weighted by molar-refractivity contribution is 5.87. The van der Waals surface area contributed by atoms with Crippen LogP contribution in [0.1, 0.15) is 21.7 Å². The normalized spacial score (nSPS) is 16.6. The van der Waals surface area contributed by atoms with Crippen LogP contribution in [0.3, 0.4) is 0 Å². The smallest absolute Gasteiger partial charge is 0.354 e. The van der Waals surface area contributed by atoms with E-state index in [-0.39, 0.29) is 11.6 Å². The van der Waals surface area contributed by atoms with Gasteiger partial charge in [-0.05, 0) is 13.5 Å². The second-order valence-corrected chi connectivity index (χ2v) is 3.96. The number of anilines is 1. The maximum absolute atomic E-state index is 11.1. The van der Waals surface area contributed by atoms with Crippen LogP contribution in [0, 0.1) is 0 Å². The van der Waals surface area contributed by atoms with E-state index in [1.54, 1.807) is 0 Å². The molecule has 0 amide bonds. The number of carboxylic acids is 1. The Morgan fingerprint density at radius 3 is 2.75 bits per heavy atom. The van der Waals surface area contributed by atoms with Gasteiger partial charge in [0.25, 0.3) is 0 Å². The van der Waals surface area contributed by atoms with E-state index in [1.165, 1.54) is 0 Å². The van der Waals surface area contributed by atoms with Crippen molar-refractivity contribution in [2.45, 2.75) is 12.8 Å². The summed E-state index contributed by atoms with van der Waals surface area (Å²) in [6.07, 6.45) is 1.38. The van der Waals surface area contributed by atoms with Crippen molar-refractivity contribution in [3.63, 3.8) is 0 Å². The van der Waals surface area contributed by atoms with Crippen LogP contribution >= 0.6 is 0 Å². The molecule has 1 aromatic rings. The molecule has 86 valence electrons. The topological polar surface area (TPSA) is 92.3 Å². The van der Waals surface area contributed by atoms with Crippen molar-refractivity contribution in [2.24, 2.45) is 0 Å².